The van der Waals surface area contributed by atoms with Gasteiger partial charge in [0.15, 0.2) is 0 Å². The van der Waals surface area contributed by atoms with Gasteiger partial charge in [-0.3, -0.25) is 9.59 Å². The van der Waals surface area contributed by atoms with Gasteiger partial charge in [-0.2, -0.15) is 10.5 Å². The van der Waals surface area contributed by atoms with Gasteiger partial charge in [0, 0.05) is 54.1 Å². The summed E-state index contributed by atoms with van der Waals surface area (Å²) in [5.41, 5.74) is 7.99. The molecule has 8 nitrogen and oxygen atoms in total. The van der Waals surface area contributed by atoms with Crippen molar-refractivity contribution in [1.82, 2.24) is 19.8 Å². The fourth-order valence-corrected chi connectivity index (χ4v) is 7.31. The van der Waals surface area contributed by atoms with Crippen LogP contribution < -0.4 is 10.6 Å². The smallest absolute Gasteiger partial charge is 0.268 e. The highest BCUT2D eigenvalue weighted by molar-refractivity contribution is 6.42. The quantitative estimate of drug-likeness (QED) is 0.190. The van der Waals surface area contributed by atoms with Crippen LogP contribution >= 0.6 is 23.2 Å². The van der Waals surface area contributed by atoms with E-state index in [2.05, 4.69) is 22.8 Å². The number of hydrogen-bond acceptors (Lipinski definition) is 4. The van der Waals surface area contributed by atoms with Crippen LogP contribution in [0.3, 0.4) is 0 Å². The second kappa shape index (κ2) is 12.6. The summed E-state index contributed by atoms with van der Waals surface area (Å²) >= 11 is 12.2. The first-order chi connectivity index (χ1) is 24.0. The number of amides is 2. The monoisotopic (exact) mass is 706 g/mol. The summed E-state index contributed by atoms with van der Waals surface area (Å²) in [5, 5.41) is 27.0. The lowest BCUT2D eigenvalue weighted by atomic mass is 9.98. The van der Waals surface area contributed by atoms with E-state index in [0.717, 1.165) is 44.6 Å². The molecule has 2 amide bonds. The molecule has 12 heteroatoms. The lowest BCUT2D eigenvalue weighted by Crippen LogP contribution is -2.35. The molecule has 50 heavy (non-hydrogen) atoms. The van der Waals surface area contributed by atoms with Crippen LogP contribution in [-0.2, 0) is 13.1 Å². The molecule has 0 radical (unpaired) electrons. The number of carbonyl (C=O) groups is 2. The van der Waals surface area contributed by atoms with E-state index in [-0.39, 0.29) is 11.8 Å². The van der Waals surface area contributed by atoms with E-state index in [0.29, 0.717) is 75.4 Å². The molecule has 0 bridgehead atoms. The highest BCUT2D eigenvalue weighted by atomic mass is 35.5. The Morgan fingerprint density at radius 1 is 0.660 bits per heavy atom. The summed E-state index contributed by atoms with van der Waals surface area (Å²) in [7, 11) is 0. The molecule has 0 saturated heterocycles. The Balaban J connectivity index is 0.000000157. The molecule has 4 aromatic carbocycles. The Kier molecular flexibility index (Phi) is 8.31. The van der Waals surface area contributed by atoms with Crippen LogP contribution in [-0.4, -0.2) is 34.0 Å². The topological polar surface area (TPSA) is 116 Å². The molecule has 0 saturated carbocycles. The SMILES string of the molecule is Cc1c2n(c3c(-c4cc(F)cc(F)c4)cc(C#N)cc13)CCNC2=O.Cc1c2n(c3c(-c4ccc(Cl)c(Cl)c4)cc(C#N)cc13)CCNC2=O. The highest BCUT2D eigenvalue weighted by Gasteiger charge is 2.27. The first-order valence-corrected chi connectivity index (χ1v) is 16.4. The fraction of sp³-hybridized carbons (Fsp3) is 0.158. The van der Waals surface area contributed by atoms with Gasteiger partial charge in [-0.1, -0.05) is 29.3 Å². The van der Waals surface area contributed by atoms with E-state index in [1.807, 2.05) is 41.2 Å². The van der Waals surface area contributed by atoms with Crippen molar-refractivity contribution in [1.29, 1.82) is 10.5 Å². The minimum atomic E-state index is -0.689. The molecule has 2 N–H and O–H groups in total. The number of nitrogens with zero attached hydrogens (tertiary/aromatic N) is 4. The number of benzene rings is 4. The number of carbonyl (C=O) groups excluding carboxylic acids is 2. The molecular weight excluding hydrogens is 681 g/mol. The van der Waals surface area contributed by atoms with Crippen molar-refractivity contribution < 1.29 is 18.4 Å². The Morgan fingerprint density at radius 2 is 1.14 bits per heavy atom. The molecule has 248 valence electrons. The van der Waals surface area contributed by atoms with Crippen molar-refractivity contribution in [2.24, 2.45) is 0 Å². The van der Waals surface area contributed by atoms with Gasteiger partial charge in [-0.25, -0.2) is 8.78 Å². The van der Waals surface area contributed by atoms with Crippen LogP contribution in [0, 0.1) is 48.1 Å². The third-order valence-electron chi connectivity index (χ3n) is 9.15. The van der Waals surface area contributed by atoms with Crippen LogP contribution in [0.25, 0.3) is 44.1 Å². The van der Waals surface area contributed by atoms with Gasteiger partial charge < -0.3 is 19.8 Å². The maximum absolute atomic E-state index is 13.7. The van der Waals surface area contributed by atoms with Crippen LogP contribution in [0.15, 0.2) is 60.7 Å². The Morgan fingerprint density at radius 3 is 1.60 bits per heavy atom. The minimum Gasteiger partial charge on any atom is -0.349 e. The van der Waals surface area contributed by atoms with Gasteiger partial charge >= 0.3 is 0 Å². The predicted molar refractivity (Wildman–Crippen MR) is 188 cm³/mol. The molecule has 8 rings (SSSR count). The molecule has 2 aliphatic rings. The molecule has 0 atom stereocenters. The van der Waals surface area contributed by atoms with Crippen molar-refractivity contribution in [3.63, 3.8) is 0 Å². The Hall–Kier alpha value is -5.68. The third-order valence-corrected chi connectivity index (χ3v) is 9.89. The molecule has 4 heterocycles. The Labute approximate surface area is 295 Å². The number of rotatable bonds is 2. The van der Waals surface area contributed by atoms with Crippen molar-refractivity contribution in [2.45, 2.75) is 26.9 Å². The molecular formula is C38H26Cl2F2N6O2. The van der Waals surface area contributed by atoms with Gasteiger partial charge in [0.05, 0.1) is 44.3 Å². The van der Waals surface area contributed by atoms with E-state index < -0.39 is 11.6 Å². The molecule has 0 unspecified atom stereocenters. The number of fused-ring (bicyclic) bond motifs is 6. The van der Waals surface area contributed by atoms with E-state index in [1.165, 1.54) is 12.1 Å². The maximum atomic E-state index is 13.7. The lowest BCUT2D eigenvalue weighted by molar-refractivity contribution is 0.0920. The first kappa shape index (κ1) is 32.8. The van der Waals surface area contributed by atoms with Gasteiger partial charge in [-0.15, -0.1) is 0 Å². The Bertz CT molecular complexity index is 2520. The lowest BCUT2D eigenvalue weighted by Gasteiger charge is -2.18. The van der Waals surface area contributed by atoms with Gasteiger partial charge in [0.25, 0.3) is 11.8 Å². The largest absolute Gasteiger partial charge is 0.349 e. The maximum Gasteiger partial charge on any atom is 0.268 e. The van der Waals surface area contributed by atoms with Crippen molar-refractivity contribution in [3.05, 3.63) is 116 Å². The number of nitrogens with one attached hydrogen (secondary N) is 2. The minimum absolute atomic E-state index is 0.0847. The number of aryl methyl sites for hydroxylation is 2. The standard InChI is InChI=1S/C19H13Cl2N3O.C19H13F2N3O/c1-10-13-6-11(9-22)7-14(12-2-3-15(20)16(21)8-12)18(13)24-5-4-23-19(25)17(10)24;1-10-15-4-11(9-22)5-16(12-6-13(20)8-14(21)7-12)18(15)24-3-2-23-19(25)17(10)24/h2-3,6-8H,4-5H2,1H3,(H,23,25);4-8H,2-3H2,1H3,(H,23,25). The molecule has 0 fully saturated rings. The van der Waals surface area contributed by atoms with E-state index in [4.69, 9.17) is 23.2 Å². The number of nitriles is 2. The van der Waals surface area contributed by atoms with Crippen LogP contribution in [0.5, 0.6) is 0 Å². The average Bonchev–Trinajstić information content (AvgIpc) is 3.56. The summed E-state index contributed by atoms with van der Waals surface area (Å²) in [6.45, 7) is 6.03. The number of hydrogen-bond donors (Lipinski definition) is 2. The van der Waals surface area contributed by atoms with Gasteiger partial charge in [0.2, 0.25) is 0 Å². The summed E-state index contributed by atoms with van der Waals surface area (Å²) in [6.07, 6.45) is 0. The van der Waals surface area contributed by atoms with Crippen molar-refractivity contribution in [3.8, 4) is 34.4 Å². The first-order valence-electron chi connectivity index (χ1n) is 15.6. The van der Waals surface area contributed by atoms with Crippen LogP contribution in [0.2, 0.25) is 10.0 Å². The normalized spacial score (nSPS) is 13.4. The van der Waals surface area contributed by atoms with Crippen molar-refractivity contribution in [2.75, 3.05) is 13.1 Å². The third kappa shape index (κ3) is 5.43. The summed E-state index contributed by atoms with van der Waals surface area (Å²) in [4.78, 5) is 24.6. The van der Waals surface area contributed by atoms with E-state index in [1.54, 1.807) is 24.3 Å². The van der Waals surface area contributed by atoms with Crippen LogP contribution in [0.4, 0.5) is 8.78 Å². The fourth-order valence-electron chi connectivity index (χ4n) is 7.01. The molecule has 0 spiro atoms. The zero-order valence-corrected chi connectivity index (χ0v) is 28.2. The summed E-state index contributed by atoms with van der Waals surface area (Å²) in [6, 6.07) is 20.0. The van der Waals surface area contributed by atoms with Crippen molar-refractivity contribution >= 4 is 56.8 Å². The molecule has 0 aliphatic carbocycles. The van der Waals surface area contributed by atoms with Gasteiger partial charge in [-0.05, 0) is 84.6 Å². The number of halogens is 4. The highest BCUT2D eigenvalue weighted by Crippen LogP contribution is 2.39. The zero-order valence-electron chi connectivity index (χ0n) is 26.7. The summed E-state index contributed by atoms with van der Waals surface area (Å²) in [5.74, 6) is -1.65. The number of aromatic nitrogens is 2. The second-order valence-electron chi connectivity index (χ2n) is 12.1. The van der Waals surface area contributed by atoms with Gasteiger partial charge in [0.1, 0.15) is 23.0 Å². The average molecular weight is 708 g/mol. The van der Waals surface area contributed by atoms with E-state index >= 15 is 0 Å². The van der Waals surface area contributed by atoms with Crippen LogP contribution in [0.1, 0.15) is 43.2 Å². The predicted octanol–water partition coefficient (Wildman–Crippen LogP) is 8.05. The molecule has 2 aliphatic heterocycles. The van der Waals surface area contributed by atoms with E-state index in [9.17, 15) is 28.9 Å². The zero-order chi connectivity index (χ0) is 35.4. The molecule has 2 aromatic heterocycles. The second-order valence-corrected chi connectivity index (χ2v) is 12.9. The molecule has 6 aromatic rings. The summed E-state index contributed by atoms with van der Waals surface area (Å²) < 4.78 is 31.3.